The van der Waals surface area contributed by atoms with Gasteiger partial charge in [-0.1, -0.05) is 36.7 Å². The number of carbonyl (C=O) groups is 1. The Kier molecular flexibility index (Phi) is 6.40. The molecule has 0 aliphatic carbocycles. The Balaban J connectivity index is 2.31. The molecule has 1 unspecified atom stereocenters. The first-order valence-corrected chi connectivity index (χ1v) is 6.78. The van der Waals surface area contributed by atoms with Gasteiger partial charge in [-0.25, -0.2) is 0 Å². The second-order valence-electron chi connectivity index (χ2n) is 3.67. The van der Waals surface area contributed by atoms with Crippen LogP contribution < -0.4 is 5.32 Å². The molecule has 17 heavy (non-hydrogen) atoms. The van der Waals surface area contributed by atoms with Crippen molar-refractivity contribution in [2.24, 2.45) is 0 Å². The third kappa shape index (κ3) is 5.44. The van der Waals surface area contributed by atoms with Crippen molar-refractivity contribution in [3.8, 4) is 0 Å². The monoisotopic (exact) mass is 273 g/mol. The summed E-state index contributed by atoms with van der Waals surface area (Å²) in [5.41, 5.74) is 0.905. The number of aliphatic hydroxyl groups is 1. The SMILES string of the molecule is CC(CO)SCC(=O)NCc1ccccc1Cl. The second-order valence-corrected chi connectivity index (χ2v) is 5.51. The molecular formula is C12H16ClNO2S. The van der Waals surface area contributed by atoms with Crippen LogP contribution in [0, 0.1) is 0 Å². The van der Waals surface area contributed by atoms with Gasteiger partial charge in [0, 0.05) is 16.8 Å². The number of benzene rings is 1. The highest BCUT2D eigenvalue weighted by atomic mass is 35.5. The van der Waals surface area contributed by atoms with Gasteiger partial charge in [-0.15, -0.1) is 11.8 Å². The molecule has 1 amide bonds. The first kappa shape index (κ1) is 14.4. The number of rotatable bonds is 6. The number of amides is 1. The van der Waals surface area contributed by atoms with Crippen LogP contribution in [0.25, 0.3) is 0 Å². The average molecular weight is 274 g/mol. The van der Waals surface area contributed by atoms with Crippen molar-refractivity contribution in [3.63, 3.8) is 0 Å². The molecule has 0 bridgehead atoms. The van der Waals surface area contributed by atoms with Gasteiger partial charge in [0.15, 0.2) is 0 Å². The van der Waals surface area contributed by atoms with Crippen LogP contribution in [-0.4, -0.2) is 28.6 Å². The van der Waals surface area contributed by atoms with Crippen LogP contribution in [0.15, 0.2) is 24.3 Å². The Morgan fingerprint density at radius 3 is 2.88 bits per heavy atom. The fraction of sp³-hybridized carbons (Fsp3) is 0.417. The number of thioether (sulfide) groups is 1. The number of carbonyl (C=O) groups excluding carboxylic acids is 1. The van der Waals surface area contributed by atoms with Gasteiger partial charge in [-0.05, 0) is 11.6 Å². The minimum atomic E-state index is -0.0461. The van der Waals surface area contributed by atoms with E-state index in [1.165, 1.54) is 11.8 Å². The highest BCUT2D eigenvalue weighted by molar-refractivity contribution is 8.00. The average Bonchev–Trinajstić information content (AvgIpc) is 2.35. The highest BCUT2D eigenvalue weighted by Gasteiger charge is 2.06. The maximum absolute atomic E-state index is 11.5. The predicted octanol–water partition coefficient (Wildman–Crippen LogP) is 2.07. The summed E-state index contributed by atoms with van der Waals surface area (Å²) in [7, 11) is 0. The van der Waals surface area contributed by atoms with Crippen molar-refractivity contribution in [3.05, 3.63) is 34.9 Å². The van der Waals surface area contributed by atoms with E-state index in [0.717, 1.165) is 5.56 Å². The quantitative estimate of drug-likeness (QED) is 0.834. The molecule has 0 heterocycles. The van der Waals surface area contributed by atoms with Crippen LogP contribution in [-0.2, 0) is 11.3 Å². The van der Waals surface area contributed by atoms with Gasteiger partial charge in [-0.2, -0.15) is 0 Å². The molecule has 94 valence electrons. The molecule has 0 radical (unpaired) electrons. The fourth-order valence-electron chi connectivity index (χ4n) is 1.16. The zero-order valence-electron chi connectivity index (χ0n) is 9.65. The lowest BCUT2D eigenvalue weighted by Gasteiger charge is -2.09. The Morgan fingerprint density at radius 2 is 2.24 bits per heavy atom. The number of nitrogens with one attached hydrogen (secondary N) is 1. The van der Waals surface area contributed by atoms with E-state index < -0.39 is 0 Å². The Bertz CT molecular complexity index is 373. The first-order chi connectivity index (χ1) is 8.13. The van der Waals surface area contributed by atoms with Crippen LogP contribution in [0.5, 0.6) is 0 Å². The standard InChI is InChI=1S/C12H16ClNO2S/c1-9(7-15)17-8-12(16)14-6-10-4-2-3-5-11(10)13/h2-5,9,15H,6-8H2,1H3,(H,14,16). The van der Waals surface area contributed by atoms with E-state index in [-0.39, 0.29) is 17.8 Å². The maximum Gasteiger partial charge on any atom is 0.230 e. The molecule has 1 aromatic rings. The van der Waals surface area contributed by atoms with Crippen LogP contribution in [0.4, 0.5) is 0 Å². The summed E-state index contributed by atoms with van der Waals surface area (Å²) in [5, 5.41) is 12.4. The third-order valence-electron chi connectivity index (χ3n) is 2.19. The van der Waals surface area contributed by atoms with E-state index in [2.05, 4.69) is 5.32 Å². The summed E-state index contributed by atoms with van der Waals surface area (Å²) in [6.07, 6.45) is 0. The Morgan fingerprint density at radius 1 is 1.53 bits per heavy atom. The summed E-state index contributed by atoms with van der Waals surface area (Å²) in [5.74, 6) is 0.307. The normalized spacial score (nSPS) is 12.2. The molecule has 0 saturated carbocycles. The molecule has 0 saturated heterocycles. The van der Waals surface area contributed by atoms with Crippen molar-refractivity contribution >= 4 is 29.3 Å². The molecule has 0 spiro atoms. The lowest BCUT2D eigenvalue weighted by Crippen LogP contribution is -2.25. The molecule has 2 N–H and O–H groups in total. The van der Waals surface area contributed by atoms with Gasteiger partial charge < -0.3 is 10.4 Å². The van der Waals surface area contributed by atoms with E-state index in [0.29, 0.717) is 17.3 Å². The number of hydrogen-bond acceptors (Lipinski definition) is 3. The fourth-order valence-corrected chi connectivity index (χ4v) is 2.00. The van der Waals surface area contributed by atoms with E-state index in [1.54, 1.807) is 6.07 Å². The maximum atomic E-state index is 11.5. The van der Waals surface area contributed by atoms with Crippen molar-refractivity contribution < 1.29 is 9.90 Å². The van der Waals surface area contributed by atoms with Crippen LogP contribution >= 0.6 is 23.4 Å². The van der Waals surface area contributed by atoms with Gasteiger partial charge in [0.25, 0.3) is 0 Å². The van der Waals surface area contributed by atoms with Crippen LogP contribution in [0.3, 0.4) is 0 Å². The lowest BCUT2D eigenvalue weighted by molar-refractivity contribution is -0.118. The molecule has 3 nitrogen and oxygen atoms in total. The minimum Gasteiger partial charge on any atom is -0.395 e. The van der Waals surface area contributed by atoms with Gasteiger partial charge in [-0.3, -0.25) is 4.79 Å². The molecule has 0 aliphatic rings. The molecule has 0 fully saturated rings. The lowest BCUT2D eigenvalue weighted by atomic mass is 10.2. The molecule has 5 heteroatoms. The summed E-state index contributed by atoms with van der Waals surface area (Å²) in [6, 6.07) is 7.42. The topological polar surface area (TPSA) is 49.3 Å². The largest absolute Gasteiger partial charge is 0.395 e. The number of halogens is 1. The van der Waals surface area contributed by atoms with Crippen molar-refractivity contribution in [1.82, 2.24) is 5.32 Å². The second kappa shape index (κ2) is 7.58. The van der Waals surface area contributed by atoms with Crippen molar-refractivity contribution in [2.45, 2.75) is 18.7 Å². The van der Waals surface area contributed by atoms with E-state index in [1.807, 2.05) is 25.1 Å². The smallest absolute Gasteiger partial charge is 0.230 e. The van der Waals surface area contributed by atoms with Gasteiger partial charge in [0.2, 0.25) is 5.91 Å². The molecule has 1 aromatic carbocycles. The molecule has 0 aromatic heterocycles. The third-order valence-corrected chi connectivity index (χ3v) is 3.71. The Labute approximate surface area is 111 Å². The predicted molar refractivity (Wildman–Crippen MR) is 72.3 cm³/mol. The molecular weight excluding hydrogens is 258 g/mol. The molecule has 1 rings (SSSR count). The van der Waals surface area contributed by atoms with Gasteiger partial charge >= 0.3 is 0 Å². The highest BCUT2D eigenvalue weighted by Crippen LogP contribution is 2.14. The molecule has 1 atom stereocenters. The van der Waals surface area contributed by atoms with Crippen LogP contribution in [0.1, 0.15) is 12.5 Å². The Hall–Kier alpha value is -0.710. The summed E-state index contributed by atoms with van der Waals surface area (Å²) < 4.78 is 0. The first-order valence-electron chi connectivity index (χ1n) is 5.36. The number of hydrogen-bond donors (Lipinski definition) is 2. The molecule has 0 aliphatic heterocycles. The summed E-state index contributed by atoms with van der Waals surface area (Å²) in [6.45, 7) is 2.40. The van der Waals surface area contributed by atoms with E-state index >= 15 is 0 Å². The van der Waals surface area contributed by atoms with E-state index in [9.17, 15) is 4.79 Å². The zero-order chi connectivity index (χ0) is 12.7. The summed E-state index contributed by atoms with van der Waals surface area (Å²) in [4.78, 5) is 11.5. The van der Waals surface area contributed by atoms with Gasteiger partial charge in [0.1, 0.15) is 0 Å². The zero-order valence-corrected chi connectivity index (χ0v) is 11.2. The minimum absolute atomic E-state index is 0.0461. The van der Waals surface area contributed by atoms with Crippen LogP contribution in [0.2, 0.25) is 5.02 Å². The van der Waals surface area contributed by atoms with Crippen molar-refractivity contribution in [1.29, 1.82) is 0 Å². The van der Waals surface area contributed by atoms with Gasteiger partial charge in [0.05, 0.1) is 12.4 Å². The van der Waals surface area contributed by atoms with E-state index in [4.69, 9.17) is 16.7 Å². The number of aliphatic hydroxyl groups excluding tert-OH is 1. The summed E-state index contributed by atoms with van der Waals surface area (Å²) >= 11 is 7.40. The van der Waals surface area contributed by atoms with Crippen molar-refractivity contribution in [2.75, 3.05) is 12.4 Å².